The second kappa shape index (κ2) is 4.32. The van der Waals surface area contributed by atoms with Crippen molar-refractivity contribution in [1.82, 2.24) is 0 Å². The van der Waals surface area contributed by atoms with Gasteiger partial charge in [0.05, 0.1) is 14.2 Å². The number of hydrogen-bond donors (Lipinski definition) is 1. The van der Waals surface area contributed by atoms with Gasteiger partial charge in [-0.3, -0.25) is 0 Å². The predicted molar refractivity (Wildman–Crippen MR) is 56.4 cm³/mol. The first kappa shape index (κ1) is 10.8. The van der Waals surface area contributed by atoms with E-state index in [2.05, 4.69) is 20.7 Å². The van der Waals surface area contributed by atoms with Gasteiger partial charge in [-0.1, -0.05) is 0 Å². The molecule has 0 saturated heterocycles. The Kier molecular flexibility index (Phi) is 3.35. The van der Waals surface area contributed by atoms with Crippen molar-refractivity contribution in [3.05, 3.63) is 22.2 Å². The number of carbonyl (C=O) groups excluding carboxylic acids is 1. The summed E-state index contributed by atoms with van der Waals surface area (Å²) in [6.07, 6.45) is 0. The first-order valence-electron chi connectivity index (χ1n) is 3.81. The lowest BCUT2D eigenvalue weighted by Gasteiger charge is -2.09. The lowest BCUT2D eigenvalue weighted by atomic mass is 10.2. The lowest BCUT2D eigenvalue weighted by molar-refractivity contribution is 0.0596. The summed E-state index contributed by atoms with van der Waals surface area (Å²) in [5.74, 6) is -0.0718. The highest BCUT2D eigenvalue weighted by atomic mass is 79.9. The average molecular weight is 260 g/mol. The zero-order valence-corrected chi connectivity index (χ0v) is 9.42. The maximum Gasteiger partial charge on any atom is 0.342 e. The molecule has 0 unspecified atom stereocenters. The summed E-state index contributed by atoms with van der Waals surface area (Å²) >= 11 is 3.22. The molecule has 0 bridgehead atoms. The highest BCUT2D eigenvalue weighted by molar-refractivity contribution is 9.10. The van der Waals surface area contributed by atoms with Gasteiger partial charge in [-0.15, -0.1) is 0 Å². The molecule has 0 atom stereocenters. The van der Waals surface area contributed by atoms with Crippen LogP contribution in [-0.2, 0) is 4.74 Å². The third kappa shape index (κ3) is 1.98. The van der Waals surface area contributed by atoms with Crippen LogP contribution in [0.3, 0.4) is 0 Å². The van der Waals surface area contributed by atoms with Gasteiger partial charge in [0.1, 0.15) is 11.3 Å². The van der Waals surface area contributed by atoms with Crippen molar-refractivity contribution < 1.29 is 14.3 Å². The van der Waals surface area contributed by atoms with Crippen molar-refractivity contribution in [1.29, 1.82) is 0 Å². The molecule has 0 aliphatic heterocycles. The van der Waals surface area contributed by atoms with Crippen LogP contribution in [0.2, 0.25) is 0 Å². The molecule has 1 aromatic rings. The van der Waals surface area contributed by atoms with Crippen LogP contribution in [-0.4, -0.2) is 20.2 Å². The first-order valence-corrected chi connectivity index (χ1v) is 4.60. The van der Waals surface area contributed by atoms with E-state index < -0.39 is 5.97 Å². The van der Waals surface area contributed by atoms with E-state index in [0.717, 1.165) is 0 Å². The third-order valence-corrected chi connectivity index (χ3v) is 2.31. The summed E-state index contributed by atoms with van der Waals surface area (Å²) < 4.78 is 10.2. The normalized spacial score (nSPS) is 9.64. The fraction of sp³-hybridized carbons (Fsp3) is 0.222. The highest BCUT2D eigenvalue weighted by Gasteiger charge is 2.17. The van der Waals surface area contributed by atoms with Crippen LogP contribution in [0.15, 0.2) is 16.6 Å². The summed E-state index contributed by atoms with van der Waals surface area (Å²) in [6, 6.07) is 3.19. The third-order valence-electron chi connectivity index (χ3n) is 1.69. The van der Waals surface area contributed by atoms with Crippen molar-refractivity contribution in [2.75, 3.05) is 20.0 Å². The van der Waals surface area contributed by atoms with Crippen molar-refractivity contribution in [2.24, 2.45) is 0 Å². The van der Waals surface area contributed by atoms with Crippen LogP contribution in [0.25, 0.3) is 0 Å². The average Bonchev–Trinajstić information content (AvgIpc) is 2.15. The topological polar surface area (TPSA) is 61.5 Å². The largest absolute Gasteiger partial charge is 0.496 e. The van der Waals surface area contributed by atoms with Crippen LogP contribution in [0.4, 0.5) is 5.69 Å². The number of esters is 1. The van der Waals surface area contributed by atoms with Crippen LogP contribution >= 0.6 is 15.9 Å². The smallest absolute Gasteiger partial charge is 0.342 e. The molecule has 1 aromatic carbocycles. The number of nitrogen functional groups attached to an aromatic ring is 1. The van der Waals surface area contributed by atoms with Crippen LogP contribution in [0.5, 0.6) is 5.75 Å². The number of methoxy groups -OCH3 is 2. The number of hydrogen-bond acceptors (Lipinski definition) is 4. The van der Waals surface area contributed by atoms with Crippen molar-refractivity contribution >= 4 is 27.6 Å². The van der Waals surface area contributed by atoms with E-state index in [4.69, 9.17) is 10.5 Å². The molecule has 0 aliphatic rings. The number of nitrogens with two attached hydrogens (primary N) is 1. The molecular formula is C9H10BrNO3. The molecule has 1 rings (SSSR count). The molecular weight excluding hydrogens is 250 g/mol. The van der Waals surface area contributed by atoms with Gasteiger partial charge in [0.2, 0.25) is 0 Å². The Labute approximate surface area is 90.1 Å². The molecule has 2 N–H and O–H groups in total. The van der Waals surface area contributed by atoms with E-state index in [1.807, 2.05) is 0 Å². The Balaban J connectivity index is 3.32. The molecule has 0 radical (unpaired) electrons. The van der Waals surface area contributed by atoms with Gasteiger partial charge in [0.15, 0.2) is 0 Å². The molecule has 0 aliphatic carbocycles. The van der Waals surface area contributed by atoms with Gasteiger partial charge in [0.25, 0.3) is 0 Å². The van der Waals surface area contributed by atoms with Crippen LogP contribution < -0.4 is 10.5 Å². The number of benzene rings is 1. The van der Waals surface area contributed by atoms with Crippen molar-refractivity contribution in [3.63, 3.8) is 0 Å². The monoisotopic (exact) mass is 259 g/mol. The fourth-order valence-corrected chi connectivity index (χ4v) is 1.68. The Hall–Kier alpha value is -1.23. The summed E-state index contributed by atoms with van der Waals surface area (Å²) in [6.45, 7) is 0. The molecule has 0 heterocycles. The van der Waals surface area contributed by atoms with E-state index in [0.29, 0.717) is 21.5 Å². The highest BCUT2D eigenvalue weighted by Crippen LogP contribution is 2.30. The standard InChI is InChI=1S/C9H10BrNO3/c1-13-7-4-5(11)3-6(10)8(7)9(12)14-2/h3-4H,11H2,1-2H3. The first-order chi connectivity index (χ1) is 6.60. The Morgan fingerprint density at radius 1 is 1.43 bits per heavy atom. The molecule has 0 amide bonds. The number of halogens is 1. The second-order valence-electron chi connectivity index (χ2n) is 2.57. The molecule has 4 nitrogen and oxygen atoms in total. The molecule has 14 heavy (non-hydrogen) atoms. The maximum absolute atomic E-state index is 11.4. The fourth-order valence-electron chi connectivity index (χ4n) is 1.06. The Bertz CT molecular complexity index is 365. The van der Waals surface area contributed by atoms with Gasteiger partial charge in [0, 0.05) is 16.2 Å². The minimum atomic E-state index is -0.464. The summed E-state index contributed by atoms with van der Waals surface area (Å²) in [5, 5.41) is 0. The molecule has 5 heteroatoms. The Morgan fingerprint density at radius 2 is 2.07 bits per heavy atom. The minimum absolute atomic E-state index is 0.337. The number of ether oxygens (including phenoxy) is 2. The van der Waals surface area contributed by atoms with Gasteiger partial charge in [-0.05, 0) is 22.0 Å². The zero-order valence-electron chi connectivity index (χ0n) is 7.83. The molecule has 0 spiro atoms. The van der Waals surface area contributed by atoms with Crippen molar-refractivity contribution in [3.8, 4) is 5.75 Å². The number of anilines is 1. The van der Waals surface area contributed by atoms with E-state index in [9.17, 15) is 4.79 Å². The van der Waals surface area contributed by atoms with Crippen molar-refractivity contribution in [2.45, 2.75) is 0 Å². The molecule has 76 valence electrons. The number of carbonyl (C=O) groups is 1. The summed E-state index contributed by atoms with van der Waals surface area (Å²) in [4.78, 5) is 11.4. The van der Waals surface area contributed by atoms with Gasteiger partial charge >= 0.3 is 5.97 Å². The molecule has 0 saturated carbocycles. The number of rotatable bonds is 2. The predicted octanol–water partition coefficient (Wildman–Crippen LogP) is 1.83. The summed E-state index contributed by atoms with van der Waals surface area (Å²) in [7, 11) is 2.78. The maximum atomic E-state index is 11.4. The summed E-state index contributed by atoms with van der Waals surface area (Å²) in [5.41, 5.74) is 6.44. The van der Waals surface area contributed by atoms with Gasteiger partial charge < -0.3 is 15.2 Å². The van der Waals surface area contributed by atoms with E-state index >= 15 is 0 Å². The van der Waals surface area contributed by atoms with Crippen LogP contribution in [0.1, 0.15) is 10.4 Å². The Morgan fingerprint density at radius 3 is 2.57 bits per heavy atom. The van der Waals surface area contributed by atoms with Gasteiger partial charge in [-0.2, -0.15) is 0 Å². The van der Waals surface area contributed by atoms with E-state index in [-0.39, 0.29) is 0 Å². The van der Waals surface area contributed by atoms with E-state index in [1.165, 1.54) is 14.2 Å². The minimum Gasteiger partial charge on any atom is -0.496 e. The van der Waals surface area contributed by atoms with Gasteiger partial charge in [-0.25, -0.2) is 4.79 Å². The second-order valence-corrected chi connectivity index (χ2v) is 3.43. The molecule has 0 fully saturated rings. The van der Waals surface area contributed by atoms with Crippen LogP contribution in [0, 0.1) is 0 Å². The van der Waals surface area contributed by atoms with E-state index in [1.54, 1.807) is 12.1 Å². The zero-order chi connectivity index (χ0) is 10.7. The quantitative estimate of drug-likeness (QED) is 0.650. The molecule has 0 aromatic heterocycles. The SMILES string of the molecule is COC(=O)c1c(Br)cc(N)cc1OC. The lowest BCUT2D eigenvalue weighted by Crippen LogP contribution is -2.06.